The van der Waals surface area contributed by atoms with Crippen molar-refractivity contribution in [3.05, 3.63) is 51.8 Å². The fraction of sp³-hybridized carbons (Fsp3) is 0.250. The molecule has 8 nitrogen and oxygen atoms in total. The van der Waals surface area contributed by atoms with Gasteiger partial charge in [-0.3, -0.25) is 5.32 Å². The highest BCUT2D eigenvalue weighted by atomic mass is 35.5. The highest BCUT2D eigenvalue weighted by Gasteiger charge is 2.19. The molecular weight excluding hydrogens is 459 g/mol. The van der Waals surface area contributed by atoms with E-state index in [-0.39, 0.29) is 5.95 Å². The van der Waals surface area contributed by atoms with Crippen LogP contribution in [0.2, 0.25) is 10.0 Å². The van der Waals surface area contributed by atoms with Crippen LogP contribution in [0.4, 0.5) is 5.95 Å². The van der Waals surface area contributed by atoms with Gasteiger partial charge in [-0.15, -0.1) is 11.3 Å². The van der Waals surface area contributed by atoms with Gasteiger partial charge in [-0.1, -0.05) is 30.1 Å². The average molecular weight is 479 g/mol. The summed E-state index contributed by atoms with van der Waals surface area (Å²) in [5, 5.41) is 14.8. The molecule has 4 aromatic rings. The highest BCUT2D eigenvalue weighted by molar-refractivity contribution is 7.18. The molecule has 31 heavy (non-hydrogen) atoms. The predicted molar refractivity (Wildman–Crippen MR) is 124 cm³/mol. The van der Waals surface area contributed by atoms with Crippen molar-refractivity contribution >= 4 is 50.7 Å². The minimum absolute atomic E-state index is 0.113. The molecular formula is C20H20Cl2N6O2S. The summed E-state index contributed by atoms with van der Waals surface area (Å²) in [6.07, 6.45) is 4.48. The number of nitrogens with one attached hydrogen (secondary N) is 1. The fourth-order valence-electron chi connectivity index (χ4n) is 3.09. The number of imidazole rings is 1. The minimum atomic E-state index is -0.805. The van der Waals surface area contributed by atoms with E-state index in [1.165, 1.54) is 11.3 Å². The first kappa shape index (κ1) is 21.8. The highest BCUT2D eigenvalue weighted by Crippen LogP contribution is 2.41. The van der Waals surface area contributed by atoms with Crippen LogP contribution in [0.3, 0.4) is 0 Å². The molecule has 1 aromatic carbocycles. The number of halogens is 2. The van der Waals surface area contributed by atoms with Crippen molar-refractivity contribution in [1.29, 1.82) is 0 Å². The Hall–Kier alpha value is -2.43. The molecule has 3 heterocycles. The molecule has 0 amide bonds. The number of hydrogen-bond donors (Lipinski definition) is 3. The third-order valence-electron chi connectivity index (χ3n) is 4.54. The van der Waals surface area contributed by atoms with Crippen LogP contribution in [0.15, 0.2) is 36.9 Å². The van der Waals surface area contributed by atoms with E-state index < -0.39 is 6.23 Å². The van der Waals surface area contributed by atoms with Gasteiger partial charge in [-0.05, 0) is 24.7 Å². The first-order valence-electron chi connectivity index (χ1n) is 9.52. The molecule has 0 saturated carbocycles. The van der Waals surface area contributed by atoms with Gasteiger partial charge in [0.1, 0.15) is 23.4 Å². The van der Waals surface area contributed by atoms with Crippen molar-refractivity contribution < 1.29 is 9.84 Å². The van der Waals surface area contributed by atoms with Gasteiger partial charge in [0, 0.05) is 23.3 Å². The smallest absolute Gasteiger partial charge is 0.221 e. The zero-order valence-electron chi connectivity index (χ0n) is 16.5. The van der Waals surface area contributed by atoms with E-state index in [9.17, 15) is 5.11 Å². The van der Waals surface area contributed by atoms with Gasteiger partial charge in [0.2, 0.25) is 5.95 Å². The molecule has 0 aliphatic rings. The number of aromatic nitrogens is 4. The Morgan fingerprint density at radius 2 is 2.10 bits per heavy atom. The maximum atomic E-state index is 10.3. The lowest BCUT2D eigenvalue weighted by atomic mass is 10.1. The van der Waals surface area contributed by atoms with E-state index in [0.29, 0.717) is 56.5 Å². The summed E-state index contributed by atoms with van der Waals surface area (Å²) in [6, 6.07) is 5.21. The van der Waals surface area contributed by atoms with Crippen molar-refractivity contribution in [2.45, 2.75) is 19.7 Å². The molecule has 0 saturated heterocycles. The molecule has 11 heteroatoms. The van der Waals surface area contributed by atoms with Crippen molar-refractivity contribution in [3.8, 4) is 17.0 Å². The van der Waals surface area contributed by atoms with Crippen LogP contribution in [-0.2, 0) is 6.54 Å². The van der Waals surface area contributed by atoms with Gasteiger partial charge in [0.25, 0.3) is 0 Å². The number of aliphatic hydroxyl groups excluding tert-OH is 1. The van der Waals surface area contributed by atoms with Crippen LogP contribution in [0.1, 0.15) is 18.0 Å². The summed E-state index contributed by atoms with van der Waals surface area (Å²) < 4.78 is 7.79. The number of hydrogen-bond acceptors (Lipinski definition) is 8. The molecule has 3 aromatic heterocycles. The number of ether oxygens (including phenoxy) is 1. The van der Waals surface area contributed by atoms with Gasteiger partial charge in [0.15, 0.2) is 0 Å². The Morgan fingerprint density at radius 3 is 2.84 bits per heavy atom. The van der Waals surface area contributed by atoms with Gasteiger partial charge in [-0.2, -0.15) is 0 Å². The topological polar surface area (TPSA) is 111 Å². The van der Waals surface area contributed by atoms with E-state index in [2.05, 4.69) is 20.3 Å². The van der Waals surface area contributed by atoms with Gasteiger partial charge >= 0.3 is 0 Å². The quantitative estimate of drug-likeness (QED) is 0.326. The molecule has 1 unspecified atom stereocenters. The lowest BCUT2D eigenvalue weighted by Crippen LogP contribution is -2.18. The molecule has 162 valence electrons. The number of nitrogens with two attached hydrogens (primary N) is 1. The largest absolute Gasteiger partial charge is 0.490 e. The zero-order valence-corrected chi connectivity index (χ0v) is 18.9. The first-order valence-corrected chi connectivity index (χ1v) is 11.1. The summed E-state index contributed by atoms with van der Waals surface area (Å²) in [7, 11) is 0. The molecule has 0 aliphatic carbocycles. The zero-order chi connectivity index (χ0) is 22.0. The number of aliphatic hydroxyl groups is 1. The molecule has 1 atom stereocenters. The van der Waals surface area contributed by atoms with E-state index in [1.54, 1.807) is 24.7 Å². The Balaban J connectivity index is 1.70. The third kappa shape index (κ3) is 4.76. The molecule has 0 radical (unpaired) electrons. The average Bonchev–Trinajstić information content (AvgIpc) is 3.39. The minimum Gasteiger partial charge on any atom is -0.490 e. The summed E-state index contributed by atoms with van der Waals surface area (Å²) in [4.78, 5) is 14.1. The molecule has 0 fully saturated rings. The Bertz CT molecular complexity index is 1200. The summed E-state index contributed by atoms with van der Waals surface area (Å²) >= 11 is 14.2. The van der Waals surface area contributed by atoms with Crippen LogP contribution in [0, 0.1) is 0 Å². The van der Waals surface area contributed by atoms with Crippen molar-refractivity contribution in [1.82, 2.24) is 24.8 Å². The Kier molecular flexibility index (Phi) is 6.59. The van der Waals surface area contributed by atoms with Crippen LogP contribution in [0.25, 0.3) is 21.5 Å². The van der Waals surface area contributed by atoms with Crippen LogP contribution >= 0.6 is 34.5 Å². The number of anilines is 1. The number of nitrogen functional groups attached to an aromatic ring is 1. The maximum Gasteiger partial charge on any atom is 0.221 e. The molecule has 4 N–H and O–H groups in total. The summed E-state index contributed by atoms with van der Waals surface area (Å²) in [5.41, 5.74) is 7.12. The van der Waals surface area contributed by atoms with E-state index in [0.717, 1.165) is 5.39 Å². The van der Waals surface area contributed by atoms with E-state index in [1.807, 2.05) is 23.8 Å². The van der Waals surface area contributed by atoms with E-state index >= 15 is 0 Å². The van der Waals surface area contributed by atoms with Crippen LogP contribution < -0.4 is 15.8 Å². The van der Waals surface area contributed by atoms with Crippen molar-refractivity contribution in [2.24, 2.45) is 0 Å². The number of nitrogens with zero attached hydrogens (tertiary/aromatic N) is 4. The van der Waals surface area contributed by atoms with Gasteiger partial charge in [-0.25, -0.2) is 15.0 Å². The Morgan fingerprint density at radius 1 is 1.26 bits per heavy atom. The Labute approximate surface area is 192 Å². The van der Waals surface area contributed by atoms with Crippen molar-refractivity contribution in [2.75, 3.05) is 18.9 Å². The number of thiophene rings is 1. The SMILES string of the molecule is CCNC(O)c1cc2c(-c3cc(OCCn4ccnc4)c(Cl)cc3Cl)nc(N)nc2s1. The number of fused-ring (bicyclic) bond motifs is 1. The lowest BCUT2D eigenvalue weighted by molar-refractivity contribution is 0.145. The van der Waals surface area contributed by atoms with Crippen LogP contribution in [-0.4, -0.2) is 37.8 Å². The van der Waals surface area contributed by atoms with E-state index in [4.69, 9.17) is 33.7 Å². The second-order valence-electron chi connectivity index (χ2n) is 6.67. The first-order chi connectivity index (χ1) is 15.0. The maximum absolute atomic E-state index is 10.3. The monoisotopic (exact) mass is 478 g/mol. The number of benzene rings is 1. The molecule has 0 bridgehead atoms. The summed E-state index contributed by atoms with van der Waals surface area (Å²) in [5.74, 6) is 0.595. The summed E-state index contributed by atoms with van der Waals surface area (Å²) in [6.45, 7) is 3.56. The molecule has 0 spiro atoms. The standard InChI is InChI=1S/C20H20Cl2N6O2S/c1-2-25-18(29)16-8-12-17(26-20(23)27-19(12)31-16)11-7-15(14(22)9-13(11)21)30-6-5-28-4-3-24-10-28/h3-4,7-10,18,25,29H,2,5-6H2,1H3,(H2,23,26,27). The fourth-order valence-corrected chi connectivity index (χ4v) is 4.62. The second-order valence-corrected chi connectivity index (χ2v) is 8.55. The second kappa shape index (κ2) is 9.37. The third-order valence-corrected chi connectivity index (χ3v) is 6.23. The number of rotatable bonds is 8. The van der Waals surface area contributed by atoms with Crippen LogP contribution in [0.5, 0.6) is 5.75 Å². The van der Waals surface area contributed by atoms with Crippen molar-refractivity contribution in [3.63, 3.8) is 0 Å². The van der Waals surface area contributed by atoms with Gasteiger partial charge < -0.3 is 20.1 Å². The predicted octanol–water partition coefficient (Wildman–Crippen LogP) is 4.12. The molecule has 4 rings (SSSR count). The van der Waals surface area contributed by atoms with Gasteiger partial charge in [0.05, 0.1) is 33.5 Å². The lowest BCUT2D eigenvalue weighted by Gasteiger charge is -2.12. The molecule has 0 aliphatic heterocycles. The normalized spacial score (nSPS) is 12.4.